The van der Waals surface area contributed by atoms with Crippen LogP contribution in [0.1, 0.15) is 6.42 Å². The van der Waals surface area contributed by atoms with Gasteiger partial charge in [0.1, 0.15) is 0 Å². The van der Waals surface area contributed by atoms with E-state index in [1.165, 1.54) is 0 Å². The molecule has 0 fully saturated rings. The highest BCUT2D eigenvalue weighted by atomic mass is 32.2. The molecule has 0 rings (SSSR count). The third-order valence-corrected chi connectivity index (χ3v) is 1.33. The summed E-state index contributed by atoms with van der Waals surface area (Å²) in [6.07, 6.45) is 0.815. The molecule has 0 radical (unpaired) electrons. The number of rotatable bonds is 4. The molecule has 0 heterocycles. The molecular weight excluding hydrogens is 146 g/mol. The molecule has 1 atom stereocenters. The van der Waals surface area contributed by atoms with Crippen LogP contribution in [0.25, 0.3) is 0 Å². The summed E-state index contributed by atoms with van der Waals surface area (Å²) in [5.41, 5.74) is 0. The molecule has 0 aliphatic heterocycles. The van der Waals surface area contributed by atoms with E-state index in [0.717, 1.165) is 12.2 Å². The van der Waals surface area contributed by atoms with Gasteiger partial charge in [0, 0.05) is 6.54 Å². The lowest BCUT2D eigenvalue weighted by Crippen LogP contribution is -2.17. The minimum atomic E-state index is -1.85. The molecule has 0 aliphatic rings. The van der Waals surface area contributed by atoms with E-state index in [-0.39, 0.29) is 0 Å². The first kappa shape index (κ1) is 8.42. The van der Waals surface area contributed by atoms with Crippen molar-refractivity contribution >= 4 is 23.9 Å². The summed E-state index contributed by atoms with van der Waals surface area (Å²) < 4.78 is 20.3. The first-order valence-electron chi connectivity index (χ1n) is 2.22. The fraction of sp³-hybridized carbons (Fsp3) is 1.00. The number of thiol groups is 1. The SMILES string of the molecule is O=S(O)NCCCS. The second-order valence-electron chi connectivity index (χ2n) is 1.22. The first-order chi connectivity index (χ1) is 3.77. The van der Waals surface area contributed by atoms with Gasteiger partial charge in [0.15, 0.2) is 0 Å². The Labute approximate surface area is 56.7 Å². The van der Waals surface area contributed by atoms with E-state index in [4.69, 9.17) is 4.55 Å². The van der Waals surface area contributed by atoms with Crippen LogP contribution < -0.4 is 4.72 Å². The Hall–Kier alpha value is 0.420. The second kappa shape index (κ2) is 5.55. The molecule has 3 nitrogen and oxygen atoms in total. The fourth-order valence-corrected chi connectivity index (χ4v) is 0.716. The molecule has 0 aromatic rings. The molecule has 50 valence electrons. The van der Waals surface area contributed by atoms with Gasteiger partial charge in [0.05, 0.1) is 0 Å². The van der Waals surface area contributed by atoms with Gasteiger partial charge in [-0.1, -0.05) is 0 Å². The summed E-state index contributed by atoms with van der Waals surface area (Å²) in [7, 11) is 0. The predicted molar refractivity (Wildman–Crippen MR) is 37.2 cm³/mol. The summed E-state index contributed by atoms with van der Waals surface area (Å²) >= 11 is 2.05. The molecule has 5 heteroatoms. The minimum absolute atomic E-state index is 0.548. The molecule has 2 N–H and O–H groups in total. The topological polar surface area (TPSA) is 49.3 Å². The van der Waals surface area contributed by atoms with Crippen molar-refractivity contribution in [2.45, 2.75) is 6.42 Å². The molecule has 0 saturated heterocycles. The zero-order chi connectivity index (χ0) is 6.41. The molecule has 0 aromatic carbocycles. The van der Waals surface area contributed by atoms with Crippen molar-refractivity contribution in [1.29, 1.82) is 0 Å². The third-order valence-electron chi connectivity index (χ3n) is 0.560. The molecule has 0 spiro atoms. The fourth-order valence-electron chi connectivity index (χ4n) is 0.239. The Kier molecular flexibility index (Phi) is 5.85. The summed E-state index contributed by atoms with van der Waals surface area (Å²) in [5, 5.41) is 0. The number of hydrogen-bond donors (Lipinski definition) is 3. The van der Waals surface area contributed by atoms with Gasteiger partial charge in [-0.25, -0.2) is 8.93 Å². The van der Waals surface area contributed by atoms with Crippen LogP contribution in [0.5, 0.6) is 0 Å². The molecular formula is C3H9NO2S2. The van der Waals surface area contributed by atoms with E-state index in [1.54, 1.807) is 0 Å². The monoisotopic (exact) mass is 155 g/mol. The molecule has 0 amide bonds. The zero-order valence-electron chi connectivity index (χ0n) is 4.33. The lowest BCUT2D eigenvalue weighted by molar-refractivity contribution is 0.548. The van der Waals surface area contributed by atoms with Crippen LogP contribution in [0.15, 0.2) is 0 Å². The smallest absolute Gasteiger partial charge is 0.231 e. The Morgan fingerprint density at radius 2 is 2.38 bits per heavy atom. The Morgan fingerprint density at radius 3 is 2.75 bits per heavy atom. The summed E-state index contributed by atoms with van der Waals surface area (Å²) in [4.78, 5) is 0. The van der Waals surface area contributed by atoms with Crippen LogP contribution in [0, 0.1) is 0 Å². The molecule has 0 aromatic heterocycles. The van der Waals surface area contributed by atoms with E-state index < -0.39 is 11.3 Å². The summed E-state index contributed by atoms with van der Waals surface area (Å²) in [6, 6.07) is 0. The van der Waals surface area contributed by atoms with Crippen LogP contribution in [-0.2, 0) is 11.3 Å². The maximum absolute atomic E-state index is 9.85. The van der Waals surface area contributed by atoms with Gasteiger partial charge in [-0.15, -0.1) is 0 Å². The maximum atomic E-state index is 9.85. The standard InChI is InChI=1S/C3H9NO2S2/c5-8(6)4-2-1-3-7/h4,7H,1-3H2,(H,5,6). The van der Waals surface area contributed by atoms with Crippen LogP contribution in [0.2, 0.25) is 0 Å². The highest BCUT2D eigenvalue weighted by Gasteiger charge is 1.87. The van der Waals surface area contributed by atoms with E-state index in [1.807, 2.05) is 0 Å². The average molecular weight is 155 g/mol. The van der Waals surface area contributed by atoms with E-state index in [9.17, 15) is 4.21 Å². The predicted octanol–water partition coefficient (Wildman–Crippen LogP) is 0.0326. The first-order valence-corrected chi connectivity index (χ1v) is 3.96. The summed E-state index contributed by atoms with van der Waals surface area (Å²) in [6.45, 7) is 0.548. The van der Waals surface area contributed by atoms with Crippen molar-refractivity contribution in [3.05, 3.63) is 0 Å². The minimum Gasteiger partial charge on any atom is -0.294 e. The Bertz CT molecular complexity index is 77.7. The van der Waals surface area contributed by atoms with Gasteiger partial charge in [0.25, 0.3) is 0 Å². The maximum Gasteiger partial charge on any atom is 0.231 e. The van der Waals surface area contributed by atoms with E-state index in [0.29, 0.717) is 6.54 Å². The second-order valence-corrected chi connectivity index (χ2v) is 2.45. The molecule has 0 aliphatic carbocycles. The Morgan fingerprint density at radius 1 is 1.75 bits per heavy atom. The molecule has 1 unspecified atom stereocenters. The summed E-state index contributed by atoms with van der Waals surface area (Å²) in [5.74, 6) is 0.740. The lowest BCUT2D eigenvalue weighted by atomic mass is 10.5. The normalized spacial score (nSPS) is 13.8. The van der Waals surface area contributed by atoms with E-state index >= 15 is 0 Å². The van der Waals surface area contributed by atoms with Gasteiger partial charge >= 0.3 is 0 Å². The van der Waals surface area contributed by atoms with Crippen molar-refractivity contribution < 1.29 is 8.76 Å². The largest absolute Gasteiger partial charge is 0.294 e. The van der Waals surface area contributed by atoms with Gasteiger partial charge in [-0.05, 0) is 12.2 Å². The van der Waals surface area contributed by atoms with Gasteiger partial charge in [0.2, 0.25) is 11.3 Å². The lowest BCUT2D eigenvalue weighted by Gasteiger charge is -1.93. The molecule has 0 saturated carbocycles. The van der Waals surface area contributed by atoms with Crippen LogP contribution in [-0.4, -0.2) is 21.1 Å². The zero-order valence-corrected chi connectivity index (χ0v) is 6.04. The quantitative estimate of drug-likeness (QED) is 0.305. The van der Waals surface area contributed by atoms with Crippen molar-refractivity contribution in [2.24, 2.45) is 0 Å². The molecule has 8 heavy (non-hydrogen) atoms. The van der Waals surface area contributed by atoms with Crippen LogP contribution in [0.3, 0.4) is 0 Å². The van der Waals surface area contributed by atoms with E-state index in [2.05, 4.69) is 17.4 Å². The third kappa shape index (κ3) is 6.42. The number of nitrogens with one attached hydrogen (secondary N) is 1. The molecule has 0 bridgehead atoms. The van der Waals surface area contributed by atoms with Gasteiger partial charge in [-0.2, -0.15) is 12.6 Å². The average Bonchev–Trinajstić information content (AvgIpc) is 1.66. The van der Waals surface area contributed by atoms with Crippen molar-refractivity contribution in [3.63, 3.8) is 0 Å². The number of hydrogen-bond acceptors (Lipinski definition) is 2. The highest BCUT2D eigenvalue weighted by Crippen LogP contribution is 1.79. The van der Waals surface area contributed by atoms with Crippen LogP contribution in [0.4, 0.5) is 0 Å². The van der Waals surface area contributed by atoms with Crippen molar-refractivity contribution in [3.8, 4) is 0 Å². The van der Waals surface area contributed by atoms with Crippen LogP contribution >= 0.6 is 12.6 Å². The van der Waals surface area contributed by atoms with Gasteiger partial charge < -0.3 is 0 Å². The highest BCUT2D eigenvalue weighted by molar-refractivity contribution is 7.80. The van der Waals surface area contributed by atoms with Gasteiger partial charge in [-0.3, -0.25) is 4.55 Å². The Balaban J connectivity index is 2.82. The van der Waals surface area contributed by atoms with Crippen molar-refractivity contribution in [1.82, 2.24) is 4.72 Å². The van der Waals surface area contributed by atoms with Crippen molar-refractivity contribution in [2.75, 3.05) is 12.3 Å².